The van der Waals surface area contributed by atoms with Crippen molar-refractivity contribution in [1.29, 1.82) is 0 Å². The normalized spacial score (nSPS) is 25.5. The van der Waals surface area contributed by atoms with Crippen molar-refractivity contribution in [1.82, 2.24) is 5.06 Å². The number of fused-ring (bicyclic) bond motifs is 3. The van der Waals surface area contributed by atoms with Crippen molar-refractivity contribution < 1.29 is 19.1 Å². The first-order valence-corrected chi connectivity index (χ1v) is 6.39. The van der Waals surface area contributed by atoms with Gasteiger partial charge in [-0.2, -0.15) is 0 Å². The van der Waals surface area contributed by atoms with Gasteiger partial charge in [-0.25, -0.2) is 4.79 Å². The van der Waals surface area contributed by atoms with Crippen LogP contribution in [0.15, 0.2) is 12.1 Å². The van der Waals surface area contributed by atoms with E-state index in [0.717, 1.165) is 24.3 Å². The standard InChI is InChI=1S/C14H17NO4/c1-8-13-10-7-12(18-3)11(17-2)6-9(10)4-5-15(13)19-14(8)16/h6-8,13H,4-5H2,1-3H3/t8-,13+/m1/s1. The van der Waals surface area contributed by atoms with Crippen LogP contribution in [0.5, 0.6) is 11.5 Å². The number of hydrogen-bond donors (Lipinski definition) is 0. The number of carbonyl (C=O) groups is 1. The zero-order chi connectivity index (χ0) is 13.6. The Labute approximate surface area is 112 Å². The van der Waals surface area contributed by atoms with Crippen molar-refractivity contribution in [2.24, 2.45) is 5.92 Å². The summed E-state index contributed by atoms with van der Waals surface area (Å²) in [4.78, 5) is 17.0. The Bertz CT molecular complexity index is 528. The minimum absolute atomic E-state index is 0.0175. The number of hydrogen-bond acceptors (Lipinski definition) is 5. The minimum Gasteiger partial charge on any atom is -0.493 e. The molecule has 0 saturated carbocycles. The molecule has 1 aromatic rings. The average Bonchev–Trinajstić information content (AvgIpc) is 2.73. The van der Waals surface area contributed by atoms with Gasteiger partial charge < -0.3 is 14.3 Å². The number of nitrogens with zero attached hydrogens (tertiary/aromatic N) is 1. The molecule has 1 aromatic carbocycles. The third kappa shape index (κ3) is 1.76. The zero-order valence-electron chi connectivity index (χ0n) is 11.3. The summed E-state index contributed by atoms with van der Waals surface area (Å²) in [5, 5.41) is 1.78. The molecule has 0 N–H and O–H groups in total. The predicted octanol–water partition coefficient (Wildman–Crippen LogP) is 1.71. The fourth-order valence-electron chi connectivity index (χ4n) is 2.90. The van der Waals surface area contributed by atoms with Gasteiger partial charge in [0.1, 0.15) is 0 Å². The lowest BCUT2D eigenvalue weighted by atomic mass is 9.87. The second-order valence-corrected chi connectivity index (χ2v) is 4.94. The van der Waals surface area contributed by atoms with E-state index in [0.29, 0.717) is 5.75 Å². The molecule has 0 bridgehead atoms. The molecule has 2 heterocycles. The maximum absolute atomic E-state index is 11.7. The lowest BCUT2D eigenvalue weighted by Crippen LogP contribution is -2.31. The van der Waals surface area contributed by atoms with Gasteiger partial charge in [0.05, 0.1) is 26.2 Å². The molecule has 2 atom stereocenters. The predicted molar refractivity (Wildman–Crippen MR) is 68.0 cm³/mol. The van der Waals surface area contributed by atoms with Gasteiger partial charge in [-0.1, -0.05) is 0 Å². The molecule has 1 saturated heterocycles. The Morgan fingerprint density at radius 2 is 1.95 bits per heavy atom. The molecule has 1 fully saturated rings. The summed E-state index contributed by atoms with van der Waals surface area (Å²) in [5.41, 5.74) is 2.30. The topological polar surface area (TPSA) is 48.0 Å². The quantitative estimate of drug-likeness (QED) is 0.813. The molecule has 0 radical (unpaired) electrons. The molecule has 2 aliphatic rings. The van der Waals surface area contributed by atoms with Crippen LogP contribution in [-0.4, -0.2) is 31.8 Å². The van der Waals surface area contributed by atoms with Crippen molar-refractivity contribution >= 4 is 5.97 Å². The molecule has 0 aromatic heterocycles. The lowest BCUT2D eigenvalue weighted by molar-refractivity contribution is -0.176. The molecule has 102 valence electrons. The Hall–Kier alpha value is -1.75. The SMILES string of the molecule is COc1cc2c(cc1OC)[C@@H]1[C@@H](C)C(=O)ON1CC2. The van der Waals surface area contributed by atoms with Crippen LogP contribution >= 0.6 is 0 Å². The van der Waals surface area contributed by atoms with E-state index in [1.165, 1.54) is 5.56 Å². The Morgan fingerprint density at radius 3 is 2.63 bits per heavy atom. The van der Waals surface area contributed by atoms with Crippen LogP contribution in [0.3, 0.4) is 0 Å². The van der Waals surface area contributed by atoms with E-state index in [1.807, 2.05) is 19.1 Å². The molecule has 3 rings (SSSR count). The van der Waals surface area contributed by atoms with Crippen LogP contribution in [0.2, 0.25) is 0 Å². The Balaban J connectivity index is 2.09. The van der Waals surface area contributed by atoms with E-state index in [2.05, 4.69) is 0 Å². The van der Waals surface area contributed by atoms with Crippen LogP contribution in [0.1, 0.15) is 24.1 Å². The number of benzene rings is 1. The van der Waals surface area contributed by atoms with E-state index in [-0.39, 0.29) is 17.9 Å². The van der Waals surface area contributed by atoms with Crippen molar-refractivity contribution in [2.45, 2.75) is 19.4 Å². The van der Waals surface area contributed by atoms with Crippen LogP contribution in [0.25, 0.3) is 0 Å². The van der Waals surface area contributed by atoms with Gasteiger partial charge >= 0.3 is 5.97 Å². The monoisotopic (exact) mass is 263 g/mol. The first-order valence-electron chi connectivity index (χ1n) is 6.39. The summed E-state index contributed by atoms with van der Waals surface area (Å²) in [7, 11) is 3.24. The fraction of sp³-hybridized carbons (Fsp3) is 0.500. The lowest BCUT2D eigenvalue weighted by Gasteiger charge is -2.30. The highest BCUT2D eigenvalue weighted by Gasteiger charge is 2.44. The van der Waals surface area contributed by atoms with Crippen LogP contribution in [0, 0.1) is 5.92 Å². The summed E-state index contributed by atoms with van der Waals surface area (Å²) in [6.07, 6.45) is 0.839. The maximum atomic E-state index is 11.7. The number of ether oxygens (including phenoxy) is 2. The summed E-state index contributed by atoms with van der Waals surface area (Å²) in [6.45, 7) is 2.63. The molecule has 5 heteroatoms. The van der Waals surface area contributed by atoms with Crippen molar-refractivity contribution in [3.8, 4) is 11.5 Å². The maximum Gasteiger partial charge on any atom is 0.329 e. The van der Waals surface area contributed by atoms with Gasteiger partial charge in [-0.15, -0.1) is 5.06 Å². The van der Waals surface area contributed by atoms with E-state index >= 15 is 0 Å². The highest BCUT2D eigenvalue weighted by Crippen LogP contribution is 2.44. The summed E-state index contributed by atoms with van der Waals surface area (Å²) < 4.78 is 10.7. The van der Waals surface area contributed by atoms with Gasteiger partial charge in [0, 0.05) is 6.54 Å². The third-order valence-corrected chi connectivity index (χ3v) is 3.93. The van der Waals surface area contributed by atoms with Gasteiger partial charge in [-0.05, 0) is 36.6 Å². The largest absolute Gasteiger partial charge is 0.493 e. The Kier molecular flexibility index (Phi) is 2.86. The van der Waals surface area contributed by atoms with Gasteiger partial charge in [-0.3, -0.25) is 0 Å². The number of hydroxylamine groups is 2. The first-order chi connectivity index (χ1) is 9.15. The van der Waals surface area contributed by atoms with Crippen LogP contribution in [0.4, 0.5) is 0 Å². The summed E-state index contributed by atoms with van der Waals surface area (Å²) in [6, 6.07) is 3.95. The number of rotatable bonds is 2. The third-order valence-electron chi connectivity index (χ3n) is 3.93. The van der Waals surface area contributed by atoms with E-state index in [9.17, 15) is 4.79 Å². The molecule has 19 heavy (non-hydrogen) atoms. The molecule has 0 spiro atoms. The minimum atomic E-state index is -0.160. The van der Waals surface area contributed by atoms with E-state index in [4.69, 9.17) is 14.3 Å². The van der Waals surface area contributed by atoms with Crippen molar-refractivity contribution in [2.75, 3.05) is 20.8 Å². The molecule has 0 unspecified atom stereocenters. The fourth-order valence-corrected chi connectivity index (χ4v) is 2.90. The van der Waals surface area contributed by atoms with Crippen molar-refractivity contribution in [3.05, 3.63) is 23.3 Å². The van der Waals surface area contributed by atoms with Crippen molar-refractivity contribution in [3.63, 3.8) is 0 Å². The molecular formula is C14H17NO4. The molecule has 2 aliphatic heterocycles. The van der Waals surface area contributed by atoms with Gasteiger partial charge in [0.15, 0.2) is 11.5 Å². The molecule has 0 aliphatic carbocycles. The molecular weight excluding hydrogens is 246 g/mol. The molecule has 5 nitrogen and oxygen atoms in total. The van der Waals surface area contributed by atoms with Gasteiger partial charge in [0.2, 0.25) is 0 Å². The van der Waals surface area contributed by atoms with Crippen LogP contribution < -0.4 is 9.47 Å². The highest BCUT2D eigenvalue weighted by molar-refractivity contribution is 5.75. The number of methoxy groups -OCH3 is 2. The summed E-state index contributed by atoms with van der Waals surface area (Å²) in [5.74, 6) is 1.10. The first kappa shape index (κ1) is 12.3. The smallest absolute Gasteiger partial charge is 0.329 e. The molecule has 0 amide bonds. The second-order valence-electron chi connectivity index (χ2n) is 4.94. The Morgan fingerprint density at radius 1 is 1.26 bits per heavy atom. The van der Waals surface area contributed by atoms with Crippen LogP contribution in [-0.2, 0) is 16.1 Å². The van der Waals surface area contributed by atoms with E-state index in [1.54, 1.807) is 19.3 Å². The average molecular weight is 263 g/mol. The number of carbonyl (C=O) groups excluding carboxylic acids is 1. The van der Waals surface area contributed by atoms with E-state index < -0.39 is 0 Å². The highest BCUT2D eigenvalue weighted by atomic mass is 16.7. The van der Waals surface area contributed by atoms with Gasteiger partial charge in [0.25, 0.3) is 0 Å². The second kappa shape index (κ2) is 4.42. The summed E-state index contributed by atoms with van der Waals surface area (Å²) >= 11 is 0. The zero-order valence-corrected chi connectivity index (χ0v) is 11.3.